The predicted molar refractivity (Wildman–Crippen MR) is 61.0 cm³/mol. The smallest absolute Gasteiger partial charge is 0.302 e. The minimum absolute atomic E-state index is 0.117. The summed E-state index contributed by atoms with van der Waals surface area (Å²) in [5.74, 6) is 0. The molecular weight excluding hydrogens is 235 g/mol. The monoisotopic (exact) mass is 242 g/mol. The highest BCUT2D eigenvalue weighted by molar-refractivity contribution is 6.42. The number of hydrogen-bond donors (Lipinski definition) is 0. The number of aromatic nitrogens is 2. The van der Waals surface area contributed by atoms with Gasteiger partial charge >= 0.3 is 5.69 Å². The lowest BCUT2D eigenvalue weighted by molar-refractivity contribution is 0.824. The summed E-state index contributed by atoms with van der Waals surface area (Å²) in [6, 6.07) is 5.07. The zero-order valence-electron chi connectivity index (χ0n) is 7.95. The predicted octanol–water partition coefficient (Wildman–Crippen LogP) is 2.48. The van der Waals surface area contributed by atoms with Gasteiger partial charge in [0.15, 0.2) is 0 Å². The topological polar surface area (TPSA) is 26.9 Å². The van der Waals surface area contributed by atoms with E-state index in [-0.39, 0.29) is 5.69 Å². The number of imidazole rings is 1. The molecule has 0 spiro atoms. The first kappa shape index (κ1) is 10.3. The molecule has 2 rings (SSSR count). The van der Waals surface area contributed by atoms with E-state index < -0.39 is 0 Å². The Morgan fingerprint density at radius 1 is 1.13 bits per heavy atom. The SMILES string of the molecule is Cn1ccn(-c2ccc(Cl)c(Cl)c2)c1=O. The summed E-state index contributed by atoms with van der Waals surface area (Å²) in [6.45, 7) is 0. The Balaban J connectivity index is 2.60. The fourth-order valence-corrected chi connectivity index (χ4v) is 1.59. The second-order valence-corrected chi connectivity index (χ2v) is 3.97. The molecule has 0 bridgehead atoms. The van der Waals surface area contributed by atoms with Crippen LogP contribution in [0.15, 0.2) is 35.4 Å². The molecule has 5 heteroatoms. The van der Waals surface area contributed by atoms with Crippen LogP contribution in [-0.4, -0.2) is 9.13 Å². The Bertz CT molecular complexity index is 557. The highest BCUT2D eigenvalue weighted by atomic mass is 35.5. The second kappa shape index (κ2) is 3.76. The second-order valence-electron chi connectivity index (χ2n) is 3.16. The summed E-state index contributed by atoms with van der Waals surface area (Å²) in [4.78, 5) is 11.6. The van der Waals surface area contributed by atoms with Crippen molar-refractivity contribution >= 4 is 23.2 Å². The summed E-state index contributed by atoms with van der Waals surface area (Å²) >= 11 is 11.7. The Kier molecular flexibility index (Phi) is 2.59. The summed E-state index contributed by atoms with van der Waals surface area (Å²) in [6.07, 6.45) is 3.37. The van der Waals surface area contributed by atoms with E-state index >= 15 is 0 Å². The van der Waals surface area contributed by atoms with Crippen LogP contribution < -0.4 is 5.69 Å². The third-order valence-electron chi connectivity index (χ3n) is 2.13. The minimum Gasteiger partial charge on any atom is -0.302 e. The molecule has 3 nitrogen and oxygen atoms in total. The van der Waals surface area contributed by atoms with Crippen LogP contribution in [0.4, 0.5) is 0 Å². The van der Waals surface area contributed by atoms with Gasteiger partial charge in [0.05, 0.1) is 15.7 Å². The van der Waals surface area contributed by atoms with Crippen LogP contribution in [0.2, 0.25) is 10.0 Å². The van der Waals surface area contributed by atoms with E-state index in [9.17, 15) is 4.79 Å². The van der Waals surface area contributed by atoms with Crippen LogP contribution in [0.1, 0.15) is 0 Å². The van der Waals surface area contributed by atoms with Crippen molar-refractivity contribution < 1.29 is 0 Å². The maximum atomic E-state index is 11.6. The van der Waals surface area contributed by atoms with E-state index in [1.807, 2.05) is 0 Å². The Morgan fingerprint density at radius 3 is 2.40 bits per heavy atom. The lowest BCUT2D eigenvalue weighted by atomic mass is 10.3. The van der Waals surface area contributed by atoms with Gasteiger partial charge in [0.25, 0.3) is 0 Å². The highest BCUT2D eigenvalue weighted by Gasteiger charge is 2.04. The Morgan fingerprint density at radius 2 is 1.87 bits per heavy atom. The highest BCUT2D eigenvalue weighted by Crippen LogP contribution is 2.23. The van der Waals surface area contributed by atoms with E-state index in [0.29, 0.717) is 15.7 Å². The van der Waals surface area contributed by atoms with Gasteiger partial charge in [-0.1, -0.05) is 23.2 Å². The van der Waals surface area contributed by atoms with Gasteiger partial charge in [0, 0.05) is 19.4 Å². The molecule has 0 fully saturated rings. The fraction of sp³-hybridized carbons (Fsp3) is 0.100. The number of rotatable bonds is 1. The standard InChI is InChI=1S/C10H8Cl2N2O/c1-13-4-5-14(10(13)15)7-2-3-8(11)9(12)6-7/h2-6H,1H3. The van der Waals surface area contributed by atoms with Crippen molar-refractivity contribution in [3.05, 3.63) is 51.1 Å². The first-order valence-corrected chi connectivity index (χ1v) is 5.04. The number of hydrogen-bond acceptors (Lipinski definition) is 1. The van der Waals surface area contributed by atoms with Crippen molar-refractivity contribution in [2.24, 2.45) is 7.05 Å². The third kappa shape index (κ3) is 1.80. The molecule has 78 valence electrons. The molecule has 1 aromatic carbocycles. The van der Waals surface area contributed by atoms with Gasteiger partial charge in [-0.25, -0.2) is 4.79 Å². The molecule has 2 aromatic rings. The van der Waals surface area contributed by atoms with Gasteiger partial charge in [-0.15, -0.1) is 0 Å². The largest absolute Gasteiger partial charge is 0.332 e. The zero-order valence-corrected chi connectivity index (χ0v) is 9.46. The average Bonchev–Trinajstić information content (AvgIpc) is 2.53. The van der Waals surface area contributed by atoms with Crippen molar-refractivity contribution in [1.29, 1.82) is 0 Å². The molecule has 0 aliphatic carbocycles. The molecule has 0 atom stereocenters. The van der Waals surface area contributed by atoms with Gasteiger partial charge in [-0.05, 0) is 18.2 Å². The van der Waals surface area contributed by atoms with E-state index in [1.165, 1.54) is 9.13 Å². The van der Waals surface area contributed by atoms with Crippen LogP contribution in [0, 0.1) is 0 Å². The molecule has 1 aromatic heterocycles. The van der Waals surface area contributed by atoms with Gasteiger partial charge in [0.1, 0.15) is 0 Å². The van der Waals surface area contributed by atoms with Crippen molar-refractivity contribution in [3.8, 4) is 5.69 Å². The van der Waals surface area contributed by atoms with Gasteiger partial charge in [-0.2, -0.15) is 0 Å². The van der Waals surface area contributed by atoms with Crippen molar-refractivity contribution in [2.45, 2.75) is 0 Å². The van der Waals surface area contributed by atoms with Crippen LogP contribution in [-0.2, 0) is 7.05 Å². The zero-order chi connectivity index (χ0) is 11.0. The summed E-state index contributed by atoms with van der Waals surface area (Å²) in [5.41, 5.74) is 0.586. The first-order valence-electron chi connectivity index (χ1n) is 4.29. The van der Waals surface area contributed by atoms with Gasteiger partial charge < -0.3 is 4.57 Å². The van der Waals surface area contributed by atoms with Crippen molar-refractivity contribution in [3.63, 3.8) is 0 Å². The van der Waals surface area contributed by atoms with Crippen LogP contribution in [0.5, 0.6) is 0 Å². The van der Waals surface area contributed by atoms with E-state index in [0.717, 1.165) is 0 Å². The minimum atomic E-state index is -0.117. The molecular formula is C10H8Cl2N2O. The molecule has 0 aliphatic heterocycles. The molecule has 0 unspecified atom stereocenters. The maximum Gasteiger partial charge on any atom is 0.332 e. The molecule has 0 radical (unpaired) electrons. The quantitative estimate of drug-likeness (QED) is 0.755. The molecule has 15 heavy (non-hydrogen) atoms. The van der Waals surface area contributed by atoms with E-state index in [2.05, 4.69) is 0 Å². The van der Waals surface area contributed by atoms with Crippen molar-refractivity contribution in [1.82, 2.24) is 9.13 Å². The lowest BCUT2D eigenvalue weighted by Crippen LogP contribution is -2.20. The molecule has 0 saturated carbocycles. The van der Waals surface area contributed by atoms with E-state index in [4.69, 9.17) is 23.2 Å². The lowest BCUT2D eigenvalue weighted by Gasteiger charge is -2.02. The fourth-order valence-electron chi connectivity index (χ4n) is 1.30. The summed E-state index contributed by atoms with van der Waals surface area (Å²) < 4.78 is 2.99. The third-order valence-corrected chi connectivity index (χ3v) is 2.87. The Labute approximate surface area is 96.5 Å². The molecule has 0 aliphatic rings. The van der Waals surface area contributed by atoms with Crippen molar-refractivity contribution in [2.75, 3.05) is 0 Å². The van der Waals surface area contributed by atoms with Crippen LogP contribution in [0.3, 0.4) is 0 Å². The normalized spacial score (nSPS) is 10.6. The van der Waals surface area contributed by atoms with Crippen LogP contribution in [0.25, 0.3) is 5.69 Å². The number of halogens is 2. The number of aryl methyl sites for hydroxylation is 1. The average molecular weight is 243 g/mol. The van der Waals surface area contributed by atoms with Gasteiger partial charge in [0.2, 0.25) is 0 Å². The maximum absolute atomic E-state index is 11.6. The first-order chi connectivity index (χ1) is 7.09. The molecule has 1 heterocycles. The molecule has 0 N–H and O–H groups in total. The molecule has 0 saturated heterocycles. The van der Waals surface area contributed by atoms with E-state index in [1.54, 1.807) is 37.6 Å². The number of benzene rings is 1. The summed E-state index contributed by atoms with van der Waals surface area (Å²) in [7, 11) is 1.69. The Hall–Kier alpha value is -1.19. The summed E-state index contributed by atoms with van der Waals surface area (Å²) in [5, 5.41) is 0.911. The molecule has 0 amide bonds. The number of nitrogens with zero attached hydrogens (tertiary/aromatic N) is 2. The van der Waals surface area contributed by atoms with Gasteiger partial charge in [-0.3, -0.25) is 4.57 Å². The van der Waals surface area contributed by atoms with Crippen LogP contribution >= 0.6 is 23.2 Å².